The molecule has 0 unspecified atom stereocenters. The van der Waals surface area contributed by atoms with Crippen LogP contribution in [0.1, 0.15) is 167 Å². The highest BCUT2D eigenvalue weighted by Crippen LogP contribution is 2.30. The first kappa shape index (κ1) is 89.5. The molecule has 632 valence electrons. The van der Waals surface area contributed by atoms with E-state index in [0.717, 1.165) is 85.0 Å². The Kier molecular flexibility index (Phi) is 33.5. The number of carbonyl (C=O) groups is 6. The molecule has 13 heterocycles. The summed E-state index contributed by atoms with van der Waals surface area (Å²) in [6.07, 6.45) is 44.7. The first-order valence-electron chi connectivity index (χ1n) is 40.0. The molecule has 13 aromatic heterocycles. The standard InChI is InChI=1S/C18H16N2O3.C18H16N2O2S.C17H13ClN2OS.C16H18N2OS.C14H10N2OS2.C14H14N2OS/c2*1-22-16-7-4-14(5-8-16)13-18(21)20-11-10-15(19-20)6-9-17-3-2-12-23-17;18-14-5-3-13(4-6-14)12-17(21)20-10-9-15(19-20)7-8-16-2-1-11-22-16;19-16(12-13-4-1-2-5-13)18-10-9-14(17-18)7-8-15-6-3-11-20-15;17-14(11-6-9-18-10-11)16-7-5-12(15-16)3-4-13-2-1-8-19-13;17-14(11-3-1-4-11)16-9-8-12(15-16)6-7-13-5-2-10-18-13/h2*2-12H,13H2,1H3;1-11H,12H2;3,6-11,13H,1-2,4-5,12H2;1-10H;2,5-11H,1,3-4H2/b2*9-6+;2*8-7+;4-3+;7-6+. The van der Waals surface area contributed by atoms with E-state index in [0.29, 0.717) is 41.5 Å². The van der Waals surface area contributed by atoms with E-state index in [1.54, 1.807) is 151 Å². The summed E-state index contributed by atoms with van der Waals surface area (Å²) in [7, 11) is 3.23. The van der Waals surface area contributed by atoms with Gasteiger partial charge in [0.15, 0.2) is 0 Å². The van der Waals surface area contributed by atoms with E-state index in [-0.39, 0.29) is 47.8 Å². The van der Waals surface area contributed by atoms with Crippen LogP contribution < -0.4 is 9.47 Å². The molecular weight excluding hydrogens is 1700 g/mol. The highest BCUT2D eigenvalue weighted by atomic mass is 35.5. The Balaban J connectivity index is 0.000000129. The summed E-state index contributed by atoms with van der Waals surface area (Å²) in [6, 6.07) is 58.9. The van der Waals surface area contributed by atoms with E-state index in [1.807, 2.05) is 250 Å². The Morgan fingerprint density at radius 2 is 0.728 bits per heavy atom. The number of benzene rings is 3. The monoisotopic (exact) mass is 1790 g/mol. The minimum atomic E-state index is -0.1000. The lowest BCUT2D eigenvalue weighted by Crippen LogP contribution is -2.27. The molecule has 0 radical (unpaired) electrons. The van der Waals surface area contributed by atoms with Gasteiger partial charge in [-0.25, -0.2) is 28.1 Å². The molecule has 16 aromatic rings. The van der Waals surface area contributed by atoms with Gasteiger partial charge in [0, 0.05) is 84.3 Å². The summed E-state index contributed by atoms with van der Waals surface area (Å²) in [5.41, 5.74) is 8.10. The maximum absolute atomic E-state index is 12.3. The van der Waals surface area contributed by atoms with E-state index >= 15 is 0 Å². The van der Waals surface area contributed by atoms with Crippen molar-refractivity contribution in [2.75, 3.05) is 14.2 Å². The summed E-state index contributed by atoms with van der Waals surface area (Å²) >= 11 is 15.7. The molecule has 21 nitrogen and oxygen atoms in total. The van der Waals surface area contributed by atoms with Crippen molar-refractivity contribution < 1.29 is 42.7 Å². The van der Waals surface area contributed by atoms with Crippen LogP contribution >= 0.6 is 79.6 Å². The molecule has 125 heavy (non-hydrogen) atoms. The first-order chi connectivity index (χ1) is 61.1. The summed E-state index contributed by atoms with van der Waals surface area (Å²) in [4.78, 5) is 78.7. The van der Waals surface area contributed by atoms with Crippen molar-refractivity contribution >= 4 is 188 Å². The van der Waals surface area contributed by atoms with Crippen molar-refractivity contribution in [3.63, 3.8) is 0 Å². The quantitative estimate of drug-likeness (QED) is 0.0546. The third kappa shape index (κ3) is 28.4. The second kappa shape index (κ2) is 46.8. The molecule has 2 saturated carbocycles. The van der Waals surface area contributed by atoms with Gasteiger partial charge in [-0.15, -0.1) is 56.7 Å². The van der Waals surface area contributed by atoms with Crippen LogP contribution in [0, 0.1) is 11.8 Å². The number of hydrogen-bond acceptors (Lipinski definition) is 21. The fraction of sp³-hybridized carbons (Fsp3) is 0.155. The molecule has 18 rings (SSSR count). The zero-order valence-corrected chi connectivity index (χ0v) is 73.9. The molecule has 0 spiro atoms. The van der Waals surface area contributed by atoms with Crippen molar-refractivity contribution in [2.45, 2.75) is 70.6 Å². The van der Waals surface area contributed by atoms with E-state index in [1.165, 1.54) is 86.2 Å². The minimum absolute atomic E-state index is 0.0639. The van der Waals surface area contributed by atoms with Gasteiger partial charge in [-0.2, -0.15) is 41.9 Å². The van der Waals surface area contributed by atoms with Crippen LogP contribution in [0.25, 0.3) is 72.9 Å². The molecule has 0 bridgehead atoms. The topological polar surface area (TPSA) is 241 Å². The third-order valence-corrected chi connectivity index (χ3v) is 24.5. The molecule has 2 fully saturated rings. The Bertz CT molecular complexity index is 6050. The van der Waals surface area contributed by atoms with Gasteiger partial charge in [-0.05, 0) is 275 Å². The molecule has 0 atom stereocenters. The second-order valence-corrected chi connectivity index (χ2v) is 34.4. The number of thiophene rings is 6. The predicted octanol–water partition coefficient (Wildman–Crippen LogP) is 24.0. The van der Waals surface area contributed by atoms with Crippen LogP contribution in [-0.2, 0) is 19.3 Å². The molecule has 2 aliphatic rings. The molecular formula is C97H87ClN12O9S6. The van der Waals surface area contributed by atoms with Crippen molar-refractivity contribution in [3.8, 4) is 11.5 Å². The number of rotatable bonds is 24. The predicted molar refractivity (Wildman–Crippen MR) is 507 cm³/mol. The van der Waals surface area contributed by atoms with Crippen LogP contribution in [0.2, 0.25) is 5.02 Å². The lowest BCUT2D eigenvalue weighted by Gasteiger charge is -2.22. The van der Waals surface area contributed by atoms with Crippen molar-refractivity contribution in [3.05, 3.63) is 361 Å². The number of furan rings is 1. The molecule has 0 N–H and O–H groups in total. The lowest BCUT2D eigenvalue weighted by atomic mass is 9.85. The average Bonchev–Trinajstić information content (AvgIpc) is 1.68. The molecule has 0 amide bonds. The van der Waals surface area contributed by atoms with Crippen molar-refractivity contribution in [1.29, 1.82) is 0 Å². The fourth-order valence-electron chi connectivity index (χ4n) is 12.4. The van der Waals surface area contributed by atoms with Crippen LogP contribution in [0.5, 0.6) is 11.5 Å². The van der Waals surface area contributed by atoms with Crippen molar-refractivity contribution in [1.82, 2.24) is 58.7 Å². The van der Waals surface area contributed by atoms with Crippen LogP contribution in [-0.4, -0.2) is 108 Å². The Hall–Kier alpha value is -13.3. The van der Waals surface area contributed by atoms with Crippen LogP contribution in [0.15, 0.2) is 274 Å². The van der Waals surface area contributed by atoms with E-state index in [2.05, 4.69) is 42.7 Å². The number of nitrogens with zero attached hydrogens (tertiary/aromatic N) is 12. The SMILES string of the molecule is COc1ccc(CC(=O)n2ccc(/C=C/c3ccco3)n2)cc1.COc1ccc(CC(=O)n2ccc(/C=C/c3cccs3)n2)cc1.O=C(C1CCC1)n1ccc(/C=C/c2cccs2)n1.O=C(CC1CCCC1)n1ccc(/C=C/c2cccs2)n1.O=C(Cc1ccc(Cl)cc1)n1ccc(/C=C/c2cccs2)n1.O=C(c1ccsc1)n1ccc(/C=C/c2cccs2)n1. The van der Waals surface area contributed by atoms with E-state index in [9.17, 15) is 28.8 Å². The maximum atomic E-state index is 12.3. The third-order valence-electron chi connectivity index (χ3n) is 19.3. The lowest BCUT2D eigenvalue weighted by molar-refractivity contribution is 0.0745. The Morgan fingerprint density at radius 1 is 0.376 bits per heavy atom. The van der Waals surface area contributed by atoms with E-state index in [4.69, 9.17) is 25.5 Å². The Labute approximate surface area is 752 Å². The molecule has 0 aliphatic heterocycles. The number of hydrogen-bond donors (Lipinski definition) is 0. The van der Waals surface area contributed by atoms with Gasteiger partial charge in [0.1, 0.15) is 17.3 Å². The van der Waals surface area contributed by atoms with Gasteiger partial charge in [0.25, 0.3) is 23.6 Å². The number of aromatic nitrogens is 12. The maximum Gasteiger partial charge on any atom is 0.278 e. The van der Waals surface area contributed by atoms with Gasteiger partial charge >= 0.3 is 0 Å². The average molecular weight is 1790 g/mol. The fourth-order valence-corrected chi connectivity index (χ4v) is 16.3. The summed E-state index contributed by atoms with van der Waals surface area (Å²) in [6.45, 7) is 0. The molecule has 0 saturated heterocycles. The largest absolute Gasteiger partial charge is 0.497 e. The van der Waals surface area contributed by atoms with Gasteiger partial charge < -0.3 is 13.9 Å². The van der Waals surface area contributed by atoms with Crippen LogP contribution in [0.4, 0.5) is 0 Å². The molecule has 2 aliphatic carbocycles. The summed E-state index contributed by atoms with van der Waals surface area (Å²) in [5, 5.41) is 40.3. The molecule has 28 heteroatoms. The van der Waals surface area contributed by atoms with Crippen molar-refractivity contribution in [2.24, 2.45) is 11.8 Å². The van der Waals surface area contributed by atoms with Crippen LogP contribution in [0.3, 0.4) is 0 Å². The molecule has 3 aromatic carbocycles. The van der Waals surface area contributed by atoms with Gasteiger partial charge in [0.05, 0.1) is 79.5 Å². The van der Waals surface area contributed by atoms with E-state index < -0.39 is 0 Å². The Morgan fingerprint density at radius 3 is 1.06 bits per heavy atom. The van der Waals surface area contributed by atoms with Gasteiger partial charge in [-0.1, -0.05) is 97.6 Å². The number of halogens is 1. The number of ether oxygens (including phenoxy) is 2. The smallest absolute Gasteiger partial charge is 0.278 e. The summed E-state index contributed by atoms with van der Waals surface area (Å²) < 4.78 is 23.9. The number of carbonyl (C=O) groups excluding carboxylic acids is 6. The van der Waals surface area contributed by atoms with Gasteiger partial charge in [-0.3, -0.25) is 28.8 Å². The first-order valence-corrected chi connectivity index (χ1v) is 45.8. The highest BCUT2D eigenvalue weighted by molar-refractivity contribution is 7.12. The number of methoxy groups -OCH3 is 2. The highest BCUT2D eigenvalue weighted by Gasteiger charge is 2.27. The van der Waals surface area contributed by atoms with Gasteiger partial charge in [0.2, 0.25) is 11.8 Å². The minimum Gasteiger partial charge on any atom is -0.497 e. The summed E-state index contributed by atoms with van der Waals surface area (Å²) in [5.74, 6) is 2.98. The zero-order valence-electron chi connectivity index (χ0n) is 68.2. The second-order valence-electron chi connectivity index (χ2n) is 28.3. The zero-order chi connectivity index (χ0) is 86.7. The normalized spacial score (nSPS) is 12.6.